The Labute approximate surface area is 120 Å². The number of anilines is 1. The van der Waals surface area contributed by atoms with Gasteiger partial charge in [0, 0.05) is 34.9 Å². The summed E-state index contributed by atoms with van der Waals surface area (Å²) in [6.07, 6.45) is 2.04. The monoisotopic (exact) mass is 321 g/mol. The van der Waals surface area contributed by atoms with Crippen molar-refractivity contribution in [2.24, 2.45) is 0 Å². The van der Waals surface area contributed by atoms with E-state index in [0.717, 1.165) is 47.3 Å². The molecule has 1 fully saturated rings. The van der Waals surface area contributed by atoms with Crippen LogP contribution in [-0.4, -0.2) is 23.4 Å². The highest BCUT2D eigenvalue weighted by molar-refractivity contribution is 9.10. The zero-order valence-electron chi connectivity index (χ0n) is 10.5. The van der Waals surface area contributed by atoms with Crippen LogP contribution in [0.15, 0.2) is 28.7 Å². The van der Waals surface area contributed by atoms with Gasteiger partial charge in [0.15, 0.2) is 5.82 Å². The maximum atomic E-state index is 6.03. The van der Waals surface area contributed by atoms with Gasteiger partial charge in [-0.3, -0.25) is 5.10 Å². The highest BCUT2D eigenvalue weighted by Gasteiger charge is 2.23. The van der Waals surface area contributed by atoms with Crippen LogP contribution >= 0.6 is 15.9 Å². The Balaban J connectivity index is 2.00. The van der Waals surface area contributed by atoms with E-state index in [4.69, 9.17) is 10.5 Å². The molecule has 3 rings (SSSR count). The van der Waals surface area contributed by atoms with Gasteiger partial charge in [0.05, 0.1) is 0 Å². The van der Waals surface area contributed by atoms with Gasteiger partial charge in [0.25, 0.3) is 0 Å². The molecule has 19 heavy (non-hydrogen) atoms. The smallest absolute Gasteiger partial charge is 0.153 e. The molecular formula is C14H16BrN3O. The lowest BCUT2D eigenvalue weighted by molar-refractivity contribution is 0.0846. The Hall–Kier alpha value is -1.33. The number of H-pyrrole nitrogens is 1. The molecule has 0 aliphatic carbocycles. The summed E-state index contributed by atoms with van der Waals surface area (Å²) in [5.74, 6) is 1.03. The molecule has 0 amide bonds. The number of nitrogens with two attached hydrogens (primary N) is 1. The first-order chi connectivity index (χ1) is 9.25. The molecule has 1 aliphatic rings. The number of nitrogens with one attached hydrogen (secondary N) is 1. The highest BCUT2D eigenvalue weighted by Crippen LogP contribution is 2.36. The molecule has 0 unspecified atom stereocenters. The lowest BCUT2D eigenvalue weighted by Crippen LogP contribution is -2.15. The summed E-state index contributed by atoms with van der Waals surface area (Å²) in [7, 11) is 0. The normalized spacial score (nSPS) is 16.7. The van der Waals surface area contributed by atoms with E-state index in [1.54, 1.807) is 0 Å². The Morgan fingerprint density at radius 1 is 1.21 bits per heavy atom. The Morgan fingerprint density at radius 3 is 2.58 bits per heavy atom. The molecule has 1 aliphatic heterocycles. The molecule has 0 saturated carbocycles. The second kappa shape index (κ2) is 5.35. The lowest BCUT2D eigenvalue weighted by Gasteiger charge is -2.22. The molecule has 0 radical (unpaired) electrons. The van der Waals surface area contributed by atoms with Crippen LogP contribution in [0.3, 0.4) is 0 Å². The number of halogens is 1. The minimum atomic E-state index is 0.456. The third-order valence-electron chi connectivity index (χ3n) is 3.58. The SMILES string of the molecule is Nc1n[nH]c(C2CCOCC2)c1-c1ccc(Br)cc1. The summed E-state index contributed by atoms with van der Waals surface area (Å²) in [5.41, 5.74) is 9.32. The van der Waals surface area contributed by atoms with E-state index < -0.39 is 0 Å². The number of aromatic amines is 1. The van der Waals surface area contributed by atoms with Crippen LogP contribution in [0.4, 0.5) is 5.82 Å². The summed E-state index contributed by atoms with van der Waals surface area (Å²) in [6.45, 7) is 1.62. The Bertz CT molecular complexity index is 559. The van der Waals surface area contributed by atoms with Crippen molar-refractivity contribution in [1.82, 2.24) is 10.2 Å². The summed E-state index contributed by atoms with van der Waals surface area (Å²) >= 11 is 3.45. The summed E-state index contributed by atoms with van der Waals surface area (Å²) in [6, 6.07) is 8.17. The number of nitrogens with zero attached hydrogens (tertiary/aromatic N) is 1. The Morgan fingerprint density at radius 2 is 1.89 bits per heavy atom. The number of hydrogen-bond acceptors (Lipinski definition) is 3. The second-order valence-corrected chi connectivity index (χ2v) is 5.71. The van der Waals surface area contributed by atoms with Crippen LogP contribution in [-0.2, 0) is 4.74 Å². The van der Waals surface area contributed by atoms with Crippen LogP contribution in [0.5, 0.6) is 0 Å². The predicted molar refractivity (Wildman–Crippen MR) is 78.9 cm³/mol. The number of rotatable bonds is 2. The van der Waals surface area contributed by atoms with Crippen LogP contribution in [0.2, 0.25) is 0 Å². The fourth-order valence-electron chi connectivity index (χ4n) is 2.57. The first-order valence-corrected chi connectivity index (χ1v) is 7.22. The van der Waals surface area contributed by atoms with Gasteiger partial charge in [-0.25, -0.2) is 0 Å². The van der Waals surface area contributed by atoms with Gasteiger partial charge in [-0.2, -0.15) is 5.10 Å². The zero-order chi connectivity index (χ0) is 13.2. The summed E-state index contributed by atoms with van der Waals surface area (Å²) < 4.78 is 6.48. The fourth-order valence-corrected chi connectivity index (χ4v) is 2.84. The number of nitrogen functional groups attached to an aromatic ring is 1. The number of hydrogen-bond donors (Lipinski definition) is 2. The highest BCUT2D eigenvalue weighted by atomic mass is 79.9. The number of aromatic nitrogens is 2. The van der Waals surface area contributed by atoms with Crippen molar-refractivity contribution in [1.29, 1.82) is 0 Å². The first-order valence-electron chi connectivity index (χ1n) is 6.43. The minimum absolute atomic E-state index is 0.456. The molecule has 0 bridgehead atoms. The van der Waals surface area contributed by atoms with Crippen LogP contribution in [0.1, 0.15) is 24.5 Å². The van der Waals surface area contributed by atoms with E-state index in [2.05, 4.69) is 38.3 Å². The average molecular weight is 322 g/mol. The van der Waals surface area contributed by atoms with Crippen molar-refractivity contribution in [3.8, 4) is 11.1 Å². The topological polar surface area (TPSA) is 63.9 Å². The fraction of sp³-hybridized carbons (Fsp3) is 0.357. The van der Waals surface area contributed by atoms with Crippen molar-refractivity contribution < 1.29 is 4.74 Å². The van der Waals surface area contributed by atoms with Crippen molar-refractivity contribution in [2.75, 3.05) is 18.9 Å². The van der Waals surface area contributed by atoms with Crippen molar-refractivity contribution in [3.05, 3.63) is 34.4 Å². The van der Waals surface area contributed by atoms with Gasteiger partial charge < -0.3 is 10.5 Å². The van der Waals surface area contributed by atoms with Gasteiger partial charge in [-0.05, 0) is 30.5 Å². The molecule has 1 aromatic heterocycles. The van der Waals surface area contributed by atoms with E-state index in [9.17, 15) is 0 Å². The molecule has 5 heteroatoms. The van der Waals surface area contributed by atoms with Crippen LogP contribution < -0.4 is 5.73 Å². The summed E-state index contributed by atoms with van der Waals surface area (Å²) in [5, 5.41) is 7.31. The Kier molecular flexibility index (Phi) is 3.57. The van der Waals surface area contributed by atoms with Crippen LogP contribution in [0, 0.1) is 0 Å². The van der Waals surface area contributed by atoms with E-state index >= 15 is 0 Å². The van der Waals surface area contributed by atoms with Crippen LogP contribution in [0.25, 0.3) is 11.1 Å². The standard InChI is InChI=1S/C14H16BrN3O/c15-11-3-1-9(2-4-11)12-13(17-18-14(12)16)10-5-7-19-8-6-10/h1-4,10H,5-8H2,(H3,16,17,18). The minimum Gasteiger partial charge on any atom is -0.382 e. The molecule has 100 valence electrons. The second-order valence-electron chi connectivity index (χ2n) is 4.79. The number of benzene rings is 1. The van der Waals surface area contributed by atoms with Gasteiger partial charge >= 0.3 is 0 Å². The van der Waals surface area contributed by atoms with Gasteiger partial charge in [0.2, 0.25) is 0 Å². The van der Waals surface area contributed by atoms with Crippen molar-refractivity contribution >= 4 is 21.7 Å². The van der Waals surface area contributed by atoms with E-state index in [1.807, 2.05) is 12.1 Å². The van der Waals surface area contributed by atoms with E-state index in [0.29, 0.717) is 11.7 Å². The molecule has 4 nitrogen and oxygen atoms in total. The van der Waals surface area contributed by atoms with E-state index in [1.165, 1.54) is 0 Å². The van der Waals surface area contributed by atoms with Crippen molar-refractivity contribution in [2.45, 2.75) is 18.8 Å². The molecule has 2 heterocycles. The third kappa shape index (κ3) is 2.53. The number of ether oxygens (including phenoxy) is 1. The average Bonchev–Trinajstić information content (AvgIpc) is 2.83. The lowest BCUT2D eigenvalue weighted by atomic mass is 9.91. The first kappa shape index (κ1) is 12.7. The maximum absolute atomic E-state index is 6.03. The van der Waals surface area contributed by atoms with Gasteiger partial charge in [-0.15, -0.1) is 0 Å². The molecule has 3 N–H and O–H groups in total. The van der Waals surface area contributed by atoms with Crippen molar-refractivity contribution in [3.63, 3.8) is 0 Å². The molecule has 0 spiro atoms. The predicted octanol–water partition coefficient (Wildman–Crippen LogP) is 3.32. The third-order valence-corrected chi connectivity index (χ3v) is 4.11. The molecule has 1 saturated heterocycles. The molecule has 0 atom stereocenters. The van der Waals surface area contributed by atoms with Gasteiger partial charge in [-0.1, -0.05) is 28.1 Å². The summed E-state index contributed by atoms with van der Waals surface area (Å²) in [4.78, 5) is 0. The quantitative estimate of drug-likeness (QED) is 0.891. The molecule has 1 aromatic carbocycles. The maximum Gasteiger partial charge on any atom is 0.153 e. The van der Waals surface area contributed by atoms with E-state index in [-0.39, 0.29) is 0 Å². The van der Waals surface area contributed by atoms with Gasteiger partial charge in [0.1, 0.15) is 0 Å². The molecule has 2 aromatic rings. The largest absolute Gasteiger partial charge is 0.382 e. The molecular weight excluding hydrogens is 306 g/mol. The zero-order valence-corrected chi connectivity index (χ0v) is 12.1.